The van der Waals surface area contributed by atoms with E-state index in [1.807, 2.05) is 30.3 Å². The first-order chi connectivity index (χ1) is 18.0. The van der Waals surface area contributed by atoms with Crippen LogP contribution in [-0.4, -0.2) is 12.6 Å². The van der Waals surface area contributed by atoms with Crippen LogP contribution in [0.25, 0.3) is 25.1 Å². The Morgan fingerprint density at radius 3 is 2.05 bits per heavy atom. The number of benzene rings is 4. The van der Waals surface area contributed by atoms with Gasteiger partial charge in [0.2, 0.25) is 0 Å². The molecule has 4 aromatic carbocycles. The van der Waals surface area contributed by atoms with E-state index in [0.717, 1.165) is 11.0 Å². The van der Waals surface area contributed by atoms with Crippen LogP contribution >= 0.6 is 10.5 Å². The largest absolute Gasteiger partial charge is 0.482 e. The van der Waals surface area contributed by atoms with Crippen molar-refractivity contribution >= 4 is 36.6 Å². The van der Waals surface area contributed by atoms with Crippen LogP contribution in [0.3, 0.4) is 0 Å². The maximum Gasteiger partial charge on any atom is 0.345 e. The molecule has 6 rings (SSSR count). The predicted octanol–water partition coefficient (Wildman–Crippen LogP) is 8.18. The van der Waals surface area contributed by atoms with Crippen molar-refractivity contribution in [3.63, 3.8) is 0 Å². The summed E-state index contributed by atoms with van der Waals surface area (Å²) in [4.78, 5) is 13.9. The van der Waals surface area contributed by atoms with Crippen molar-refractivity contribution in [3.05, 3.63) is 120 Å². The van der Waals surface area contributed by atoms with Gasteiger partial charge in [0.25, 0.3) is 0 Å². The van der Waals surface area contributed by atoms with Gasteiger partial charge < -0.3 is 9.47 Å². The van der Waals surface area contributed by atoms with Crippen LogP contribution in [0, 0.1) is 11.6 Å². The number of thiophene rings is 1. The van der Waals surface area contributed by atoms with E-state index in [1.54, 1.807) is 6.08 Å². The Morgan fingerprint density at radius 2 is 1.46 bits per heavy atom. The lowest BCUT2D eigenvalue weighted by molar-refractivity contribution is -0.158. The van der Waals surface area contributed by atoms with Gasteiger partial charge in [-0.05, 0) is 67.4 Å². The van der Waals surface area contributed by atoms with E-state index < -0.39 is 23.2 Å². The van der Waals surface area contributed by atoms with E-state index in [-0.39, 0.29) is 22.6 Å². The average Bonchev–Trinajstić information content (AvgIpc) is 3.51. The summed E-state index contributed by atoms with van der Waals surface area (Å²) in [5, 5.41) is 2.52. The maximum absolute atomic E-state index is 13.8. The molecule has 1 heterocycles. The van der Waals surface area contributed by atoms with Crippen molar-refractivity contribution < 1.29 is 23.0 Å². The van der Waals surface area contributed by atoms with E-state index in [9.17, 15) is 13.6 Å². The molecule has 0 spiro atoms. The minimum absolute atomic E-state index is 0.212. The van der Waals surface area contributed by atoms with Crippen LogP contribution in [0.4, 0.5) is 8.78 Å². The number of hydrogen-bond donors (Lipinski definition) is 0. The fourth-order valence-electron chi connectivity index (χ4n) is 4.99. The van der Waals surface area contributed by atoms with E-state index in [0.29, 0.717) is 18.6 Å². The number of allylic oxidation sites excluding steroid dienone is 1. The Balaban J connectivity index is 1.20. The van der Waals surface area contributed by atoms with Crippen molar-refractivity contribution in [2.75, 3.05) is 6.61 Å². The Bertz CT molecular complexity index is 1580. The highest BCUT2D eigenvalue weighted by Gasteiger charge is 2.37. The zero-order chi connectivity index (χ0) is 25.4. The Hall–Kier alpha value is -4.03. The van der Waals surface area contributed by atoms with Gasteiger partial charge in [0.05, 0.1) is 0 Å². The van der Waals surface area contributed by atoms with Crippen LogP contribution in [0.1, 0.15) is 18.4 Å². The molecule has 3 nitrogen and oxygen atoms in total. The maximum atomic E-state index is 13.8. The zero-order valence-electron chi connectivity index (χ0n) is 19.8. The van der Waals surface area contributed by atoms with Gasteiger partial charge in [0.15, 0.2) is 26.5 Å². The van der Waals surface area contributed by atoms with E-state index in [1.165, 1.54) is 32.3 Å². The van der Waals surface area contributed by atoms with Crippen molar-refractivity contribution in [1.29, 1.82) is 0 Å². The summed E-state index contributed by atoms with van der Waals surface area (Å²) in [7, 11) is -0.212. The SMILES string of the molecule is O=C(COc1ccc(-[s+]2c3ccccc3c3ccccc32)cc1)OC1(c2cc(F)cc(F)c2)C=CCC1. The fraction of sp³-hybridized carbons (Fsp3) is 0.129. The molecule has 184 valence electrons. The lowest BCUT2D eigenvalue weighted by Crippen LogP contribution is -2.31. The average molecular weight is 514 g/mol. The van der Waals surface area contributed by atoms with Gasteiger partial charge in [-0.2, -0.15) is 0 Å². The molecule has 6 heteroatoms. The normalized spacial score (nSPS) is 16.9. The molecule has 1 aliphatic carbocycles. The highest BCUT2D eigenvalue weighted by atomic mass is 32.2. The van der Waals surface area contributed by atoms with Crippen molar-refractivity contribution in [2.45, 2.75) is 18.4 Å². The molecule has 0 saturated heterocycles. The number of halogens is 2. The summed E-state index contributed by atoms with van der Waals surface area (Å²) >= 11 is 0. The Labute approximate surface area is 215 Å². The lowest BCUT2D eigenvalue weighted by atomic mass is 9.92. The molecule has 0 bridgehead atoms. The highest BCUT2D eigenvalue weighted by Crippen LogP contribution is 2.48. The Morgan fingerprint density at radius 1 is 0.838 bits per heavy atom. The number of carbonyl (C=O) groups is 1. The first-order valence-electron chi connectivity index (χ1n) is 12.0. The summed E-state index contributed by atoms with van der Waals surface area (Å²) in [6.07, 6.45) is 4.59. The predicted molar refractivity (Wildman–Crippen MR) is 143 cm³/mol. The van der Waals surface area contributed by atoms with Crippen molar-refractivity contribution in [1.82, 2.24) is 0 Å². The number of fused-ring (bicyclic) bond motifs is 3. The lowest BCUT2D eigenvalue weighted by Gasteiger charge is -2.28. The molecule has 0 saturated carbocycles. The molecule has 0 fully saturated rings. The van der Waals surface area contributed by atoms with Crippen molar-refractivity contribution in [2.24, 2.45) is 0 Å². The molecule has 0 N–H and O–H groups in total. The molecule has 5 aromatic rings. The van der Waals surface area contributed by atoms with Gasteiger partial charge in [0.1, 0.15) is 17.4 Å². The summed E-state index contributed by atoms with van der Waals surface area (Å²) in [6, 6.07) is 27.9. The van der Waals surface area contributed by atoms with Gasteiger partial charge >= 0.3 is 5.97 Å². The molecule has 0 amide bonds. The van der Waals surface area contributed by atoms with Crippen LogP contribution < -0.4 is 4.74 Å². The van der Waals surface area contributed by atoms with Crippen LogP contribution in [0.5, 0.6) is 5.75 Å². The summed E-state index contributed by atoms with van der Waals surface area (Å²) in [5.41, 5.74) is -0.924. The first kappa shape index (κ1) is 23.4. The molecule has 0 aliphatic heterocycles. The second-order valence-electron chi connectivity index (χ2n) is 9.02. The minimum Gasteiger partial charge on any atom is -0.482 e. The van der Waals surface area contributed by atoms with Gasteiger partial charge in [-0.15, -0.1) is 0 Å². The zero-order valence-corrected chi connectivity index (χ0v) is 20.6. The molecular formula is C31H23F2O3S+. The number of hydrogen-bond acceptors (Lipinski definition) is 3. The molecule has 1 atom stereocenters. The molecule has 1 aromatic heterocycles. The number of rotatable bonds is 6. The topological polar surface area (TPSA) is 35.5 Å². The summed E-state index contributed by atoms with van der Waals surface area (Å²) in [5.74, 6) is -1.50. The molecule has 37 heavy (non-hydrogen) atoms. The summed E-state index contributed by atoms with van der Waals surface area (Å²) in [6.45, 7) is -0.315. The van der Waals surface area contributed by atoms with Gasteiger partial charge in [-0.25, -0.2) is 13.6 Å². The Kier molecular flexibility index (Phi) is 5.97. The molecule has 1 unspecified atom stereocenters. The van der Waals surface area contributed by atoms with Crippen LogP contribution in [0.2, 0.25) is 0 Å². The number of ether oxygens (including phenoxy) is 2. The smallest absolute Gasteiger partial charge is 0.345 e. The third kappa shape index (κ3) is 4.38. The molecular weight excluding hydrogens is 490 g/mol. The third-order valence-corrected chi connectivity index (χ3v) is 8.97. The first-order valence-corrected chi connectivity index (χ1v) is 13.3. The third-order valence-electron chi connectivity index (χ3n) is 6.64. The second kappa shape index (κ2) is 9.45. The van der Waals surface area contributed by atoms with E-state index in [4.69, 9.17) is 9.47 Å². The molecule has 0 radical (unpaired) electrons. The van der Waals surface area contributed by atoms with Crippen LogP contribution in [-0.2, 0) is 15.1 Å². The minimum atomic E-state index is -1.20. The van der Waals surface area contributed by atoms with Gasteiger partial charge in [-0.3, -0.25) is 0 Å². The highest BCUT2D eigenvalue weighted by molar-refractivity contribution is 7.50. The van der Waals surface area contributed by atoms with Crippen molar-refractivity contribution in [3.8, 4) is 10.6 Å². The van der Waals surface area contributed by atoms with Crippen LogP contribution in [0.15, 0.2) is 103 Å². The van der Waals surface area contributed by atoms with Gasteiger partial charge in [-0.1, -0.05) is 30.3 Å². The summed E-state index contributed by atoms with van der Waals surface area (Å²) < 4.78 is 41.7. The monoisotopic (exact) mass is 513 g/mol. The van der Waals surface area contributed by atoms with E-state index >= 15 is 0 Å². The molecule has 1 aliphatic rings. The van der Waals surface area contributed by atoms with E-state index in [2.05, 4.69) is 48.5 Å². The quantitative estimate of drug-likeness (QED) is 0.130. The van der Waals surface area contributed by atoms with Gasteiger partial charge in [0, 0.05) is 45.0 Å². The fourth-order valence-corrected chi connectivity index (χ4v) is 7.37. The standard InChI is InChI=1S/C31H23F2O3S/c32-22-17-21(18-23(33)19-22)31(15-5-6-16-31)36-30(34)20-35-24-11-13-25(14-12-24)37-28-9-3-1-7-26(28)27-8-2-4-10-29(27)37/h1-5,7-15,17-19H,6,16,20H2/q+1. The number of esters is 1. The second-order valence-corrected chi connectivity index (χ2v) is 11.0. The number of carbonyl (C=O) groups excluding carboxylic acids is 1.